The minimum absolute atomic E-state index is 0.115. The van der Waals surface area contributed by atoms with Gasteiger partial charge in [0, 0.05) is 32.4 Å². The molecule has 28 heavy (non-hydrogen) atoms. The van der Waals surface area contributed by atoms with Gasteiger partial charge in [0.2, 0.25) is 0 Å². The Labute approximate surface area is 173 Å². The maximum Gasteiger partial charge on any atom is 0.341 e. The first-order valence-electron chi connectivity index (χ1n) is 10.1. The van der Waals surface area contributed by atoms with E-state index in [-0.39, 0.29) is 6.10 Å². The number of halogens is 1. The number of nitrogens with two attached hydrogens (primary N) is 1. The highest BCUT2D eigenvalue weighted by atomic mass is 35.5. The minimum atomic E-state index is -0.704. The summed E-state index contributed by atoms with van der Waals surface area (Å²) in [6.45, 7) is 5.45. The molecule has 2 heterocycles. The molecule has 0 saturated heterocycles. The second-order valence-corrected chi connectivity index (χ2v) is 7.59. The van der Waals surface area contributed by atoms with Gasteiger partial charge in [-0.05, 0) is 63.6 Å². The SMILES string of the molecule is CO[C@H](C)CN(CCCCc1ccc2c(n1)NCCC2)CC[C@H](N)C(=O)OCl. The van der Waals surface area contributed by atoms with Crippen LogP contribution in [0.1, 0.15) is 43.9 Å². The van der Waals surface area contributed by atoms with Crippen LogP contribution >= 0.6 is 11.9 Å². The Hall–Kier alpha value is -1.41. The lowest BCUT2D eigenvalue weighted by molar-refractivity contribution is -0.135. The normalized spacial score (nSPS) is 15.6. The molecule has 0 amide bonds. The molecule has 2 rings (SSSR count). The molecule has 0 aliphatic carbocycles. The van der Waals surface area contributed by atoms with Crippen molar-refractivity contribution in [2.45, 2.75) is 57.6 Å². The highest BCUT2D eigenvalue weighted by molar-refractivity contribution is 6.13. The van der Waals surface area contributed by atoms with Gasteiger partial charge in [0.15, 0.2) is 0 Å². The monoisotopic (exact) mass is 412 g/mol. The van der Waals surface area contributed by atoms with Gasteiger partial charge in [-0.25, -0.2) is 9.78 Å². The Morgan fingerprint density at radius 3 is 2.96 bits per heavy atom. The van der Waals surface area contributed by atoms with Gasteiger partial charge >= 0.3 is 5.97 Å². The van der Waals surface area contributed by atoms with Crippen molar-refractivity contribution < 1.29 is 13.8 Å². The molecular formula is C20H33ClN4O3. The van der Waals surface area contributed by atoms with Crippen molar-refractivity contribution in [1.82, 2.24) is 9.88 Å². The van der Waals surface area contributed by atoms with E-state index in [1.165, 1.54) is 12.0 Å². The van der Waals surface area contributed by atoms with Crippen LogP contribution in [-0.2, 0) is 26.7 Å². The smallest absolute Gasteiger partial charge is 0.341 e. The molecule has 8 heteroatoms. The number of hydrogen-bond acceptors (Lipinski definition) is 7. The van der Waals surface area contributed by atoms with Gasteiger partial charge in [-0.3, -0.25) is 0 Å². The summed E-state index contributed by atoms with van der Waals surface area (Å²) in [6, 6.07) is 3.64. The van der Waals surface area contributed by atoms with Crippen molar-refractivity contribution in [3.63, 3.8) is 0 Å². The van der Waals surface area contributed by atoms with Crippen LogP contribution in [0.4, 0.5) is 5.82 Å². The van der Waals surface area contributed by atoms with E-state index < -0.39 is 12.0 Å². The van der Waals surface area contributed by atoms with Crippen LogP contribution < -0.4 is 11.1 Å². The first-order chi connectivity index (χ1) is 13.5. The minimum Gasteiger partial charge on any atom is -0.380 e. The molecule has 0 fully saturated rings. The molecule has 3 N–H and O–H groups in total. The van der Waals surface area contributed by atoms with E-state index in [2.05, 4.69) is 26.6 Å². The van der Waals surface area contributed by atoms with Crippen molar-refractivity contribution in [2.24, 2.45) is 5.73 Å². The Morgan fingerprint density at radius 1 is 1.39 bits per heavy atom. The third-order valence-electron chi connectivity index (χ3n) is 5.16. The van der Waals surface area contributed by atoms with Crippen molar-refractivity contribution in [1.29, 1.82) is 0 Å². The summed E-state index contributed by atoms with van der Waals surface area (Å²) in [5.74, 6) is 0.466. The second kappa shape index (κ2) is 12.2. The van der Waals surface area contributed by atoms with Crippen molar-refractivity contribution in [2.75, 3.05) is 38.6 Å². The molecule has 2 atom stereocenters. The number of pyridine rings is 1. The number of aromatic nitrogens is 1. The maximum atomic E-state index is 11.4. The van der Waals surface area contributed by atoms with Crippen LogP contribution in [0.25, 0.3) is 0 Å². The molecule has 1 aromatic heterocycles. The Morgan fingerprint density at radius 2 is 2.21 bits per heavy atom. The van der Waals surface area contributed by atoms with E-state index in [4.69, 9.17) is 27.3 Å². The van der Waals surface area contributed by atoms with Gasteiger partial charge in [-0.15, -0.1) is 0 Å². The molecule has 0 aromatic carbocycles. The molecule has 0 unspecified atom stereocenters. The number of methoxy groups -OCH3 is 1. The van der Waals surface area contributed by atoms with Crippen LogP contribution in [0.3, 0.4) is 0 Å². The molecule has 0 spiro atoms. The van der Waals surface area contributed by atoms with Gasteiger partial charge in [0.25, 0.3) is 0 Å². The number of fused-ring (bicyclic) bond motifs is 1. The molecule has 0 saturated carbocycles. The molecule has 1 aliphatic heterocycles. The number of ether oxygens (including phenoxy) is 1. The zero-order valence-corrected chi connectivity index (χ0v) is 17.7. The second-order valence-electron chi connectivity index (χ2n) is 7.44. The van der Waals surface area contributed by atoms with Gasteiger partial charge in [-0.2, -0.15) is 0 Å². The summed E-state index contributed by atoms with van der Waals surface area (Å²) >= 11 is 5.10. The van der Waals surface area contributed by atoms with Crippen LogP contribution in [0.15, 0.2) is 12.1 Å². The number of carbonyl (C=O) groups is 1. The van der Waals surface area contributed by atoms with Gasteiger partial charge in [0.1, 0.15) is 23.7 Å². The summed E-state index contributed by atoms with van der Waals surface area (Å²) in [5.41, 5.74) is 8.25. The lowest BCUT2D eigenvalue weighted by Gasteiger charge is -2.26. The van der Waals surface area contributed by atoms with Crippen LogP contribution in [-0.4, -0.2) is 61.3 Å². The Kier molecular flexibility index (Phi) is 9.98. The molecule has 0 radical (unpaired) electrons. The molecule has 158 valence electrons. The average Bonchev–Trinajstić information content (AvgIpc) is 2.73. The van der Waals surface area contributed by atoms with E-state index in [1.807, 2.05) is 6.92 Å². The maximum absolute atomic E-state index is 11.4. The first-order valence-corrected chi connectivity index (χ1v) is 10.4. The van der Waals surface area contributed by atoms with E-state index in [9.17, 15) is 4.79 Å². The molecule has 1 aliphatic rings. The number of carbonyl (C=O) groups excluding carboxylic acids is 1. The van der Waals surface area contributed by atoms with Gasteiger partial charge in [0.05, 0.1) is 6.10 Å². The summed E-state index contributed by atoms with van der Waals surface area (Å²) < 4.78 is 9.57. The van der Waals surface area contributed by atoms with Crippen molar-refractivity contribution in [3.05, 3.63) is 23.4 Å². The predicted octanol–water partition coefficient (Wildman–Crippen LogP) is 2.51. The van der Waals surface area contributed by atoms with Crippen molar-refractivity contribution in [3.8, 4) is 0 Å². The summed E-state index contributed by atoms with van der Waals surface area (Å²) in [7, 11) is 1.70. The quantitative estimate of drug-likeness (QED) is 0.510. The van der Waals surface area contributed by atoms with Crippen LogP contribution in [0, 0.1) is 0 Å². The Bertz CT molecular complexity index is 617. The van der Waals surface area contributed by atoms with Crippen LogP contribution in [0.2, 0.25) is 0 Å². The van der Waals surface area contributed by atoms with Crippen LogP contribution in [0.5, 0.6) is 0 Å². The number of rotatable bonds is 12. The number of anilines is 1. The highest BCUT2D eigenvalue weighted by Crippen LogP contribution is 2.20. The standard InChI is InChI=1S/C20H33ClN4O3/c1-15(27-2)14-25(13-10-18(22)20(26)28-21)12-4-3-7-17-9-8-16-6-5-11-23-19(16)24-17/h8-9,15,18H,3-7,10-14,22H2,1-2H3,(H,23,24)/t15-,18+/m1/s1. The van der Waals surface area contributed by atoms with Crippen molar-refractivity contribution >= 4 is 23.7 Å². The van der Waals surface area contributed by atoms with E-state index in [1.54, 1.807) is 7.11 Å². The third-order valence-corrected chi connectivity index (χ3v) is 5.31. The fourth-order valence-corrected chi connectivity index (χ4v) is 3.49. The lowest BCUT2D eigenvalue weighted by atomic mass is 10.1. The summed E-state index contributed by atoms with van der Waals surface area (Å²) in [6.07, 6.45) is 5.96. The number of nitrogens with zero attached hydrogens (tertiary/aromatic N) is 2. The number of nitrogens with one attached hydrogen (secondary N) is 1. The molecule has 1 aromatic rings. The molecule has 0 bridgehead atoms. The predicted molar refractivity (Wildman–Crippen MR) is 111 cm³/mol. The van der Waals surface area contributed by atoms with E-state index >= 15 is 0 Å². The number of aryl methyl sites for hydroxylation is 2. The largest absolute Gasteiger partial charge is 0.380 e. The first kappa shape index (κ1) is 22.9. The lowest BCUT2D eigenvalue weighted by Crippen LogP contribution is -2.39. The molecule has 7 nitrogen and oxygen atoms in total. The average molecular weight is 413 g/mol. The zero-order valence-electron chi connectivity index (χ0n) is 17.0. The zero-order chi connectivity index (χ0) is 20.4. The summed E-state index contributed by atoms with van der Waals surface area (Å²) in [5, 5.41) is 3.39. The molecular weight excluding hydrogens is 380 g/mol. The fourth-order valence-electron chi connectivity index (χ4n) is 3.38. The summed E-state index contributed by atoms with van der Waals surface area (Å²) in [4.78, 5) is 18.4. The number of unbranched alkanes of at least 4 members (excludes halogenated alkanes) is 1. The Balaban J connectivity index is 1.77. The topological polar surface area (TPSA) is 89.7 Å². The van der Waals surface area contributed by atoms with Gasteiger partial charge < -0.3 is 25.0 Å². The third kappa shape index (κ3) is 7.54. The van der Waals surface area contributed by atoms with E-state index in [0.29, 0.717) is 13.0 Å². The fraction of sp³-hybridized carbons (Fsp3) is 0.700. The van der Waals surface area contributed by atoms with E-state index in [0.717, 1.165) is 56.8 Å². The highest BCUT2D eigenvalue weighted by Gasteiger charge is 2.18. The van der Waals surface area contributed by atoms with Gasteiger partial charge in [-0.1, -0.05) is 6.07 Å². The number of hydrogen-bond donors (Lipinski definition) is 2.